The molecule has 0 unspecified atom stereocenters. The second-order valence-corrected chi connectivity index (χ2v) is 4.53. The van der Waals surface area contributed by atoms with Crippen molar-refractivity contribution in [2.75, 3.05) is 0 Å². The Kier molecular flexibility index (Phi) is 1.44. The van der Waals surface area contributed by atoms with Gasteiger partial charge in [-0.25, -0.2) is 9.38 Å². The van der Waals surface area contributed by atoms with Crippen molar-refractivity contribution < 1.29 is 8.98 Å². The highest BCUT2D eigenvalue weighted by Crippen LogP contribution is 2.28. The Balaban J connectivity index is 1.93. The average Bonchev–Trinajstić information content (AvgIpc) is 3.07. The minimum atomic E-state index is 0.649. The summed E-state index contributed by atoms with van der Waals surface area (Å²) < 4.78 is 9.84. The molecule has 4 aromatic rings. The van der Waals surface area contributed by atoms with E-state index in [4.69, 9.17) is 4.42 Å². The van der Waals surface area contributed by atoms with Gasteiger partial charge in [-0.15, -0.1) is 0 Å². The summed E-state index contributed by atoms with van der Waals surface area (Å²) in [5.74, 6) is 1.42. The number of aromatic nitrogens is 5. The third kappa shape index (κ3) is 1.02. The van der Waals surface area contributed by atoms with Gasteiger partial charge in [0.1, 0.15) is 6.54 Å². The summed E-state index contributed by atoms with van der Waals surface area (Å²) in [6, 6.07) is 5.86. The predicted octanol–water partition coefficient (Wildman–Crippen LogP) is 1.19. The first kappa shape index (κ1) is 9.21. The van der Waals surface area contributed by atoms with E-state index in [2.05, 4.69) is 21.0 Å². The Morgan fingerprint density at radius 1 is 1.21 bits per heavy atom. The summed E-state index contributed by atoms with van der Waals surface area (Å²) in [6.45, 7) is 0.745. The molecule has 0 N–H and O–H groups in total. The molecular formula is C13H8N5O+. The Morgan fingerprint density at radius 2 is 2.16 bits per heavy atom. The standard InChI is InChI=1S/C13H8N5O/c1-3-8-7-18-10-12(19-11(18)9(8)14-4-1)17-6-2-5-15-13(17)16-10/h1-6H,7H2/q+1. The highest BCUT2D eigenvalue weighted by molar-refractivity contribution is 5.70. The first-order valence-electron chi connectivity index (χ1n) is 6.01. The maximum absolute atomic E-state index is 5.95. The molecule has 0 aromatic carbocycles. The van der Waals surface area contributed by atoms with Crippen LogP contribution in [0.4, 0.5) is 0 Å². The van der Waals surface area contributed by atoms with Gasteiger partial charge in [-0.05, 0) is 12.1 Å². The van der Waals surface area contributed by atoms with Gasteiger partial charge in [0.2, 0.25) is 0 Å². The third-order valence-electron chi connectivity index (χ3n) is 3.46. The lowest BCUT2D eigenvalue weighted by Gasteiger charge is -1.90. The number of pyridine rings is 1. The summed E-state index contributed by atoms with van der Waals surface area (Å²) in [6.07, 6.45) is 5.40. The number of imidazole rings is 1. The molecule has 0 fully saturated rings. The molecule has 6 heteroatoms. The lowest BCUT2D eigenvalue weighted by molar-refractivity contribution is -0.651. The van der Waals surface area contributed by atoms with Crippen LogP contribution in [0.2, 0.25) is 0 Å². The topological polar surface area (TPSA) is 60.1 Å². The van der Waals surface area contributed by atoms with Gasteiger partial charge in [0.15, 0.2) is 5.69 Å². The molecule has 1 aliphatic rings. The van der Waals surface area contributed by atoms with Crippen LogP contribution in [0.1, 0.15) is 5.56 Å². The van der Waals surface area contributed by atoms with E-state index in [1.807, 2.05) is 27.3 Å². The van der Waals surface area contributed by atoms with E-state index in [0.29, 0.717) is 5.78 Å². The zero-order chi connectivity index (χ0) is 12.4. The third-order valence-corrected chi connectivity index (χ3v) is 3.46. The summed E-state index contributed by atoms with van der Waals surface area (Å²) in [4.78, 5) is 13.1. The second kappa shape index (κ2) is 2.97. The fourth-order valence-electron chi connectivity index (χ4n) is 2.62. The largest absolute Gasteiger partial charge is 0.395 e. The van der Waals surface area contributed by atoms with Crippen LogP contribution in [-0.2, 0) is 6.54 Å². The maximum Gasteiger partial charge on any atom is 0.392 e. The van der Waals surface area contributed by atoms with Crippen LogP contribution in [0.3, 0.4) is 0 Å². The highest BCUT2D eigenvalue weighted by Gasteiger charge is 2.35. The van der Waals surface area contributed by atoms with Crippen LogP contribution in [-0.4, -0.2) is 19.4 Å². The Labute approximate surface area is 107 Å². The molecule has 0 atom stereocenters. The van der Waals surface area contributed by atoms with Gasteiger partial charge in [0.05, 0.1) is 0 Å². The smallest absolute Gasteiger partial charge is 0.392 e. The van der Waals surface area contributed by atoms with E-state index in [9.17, 15) is 0 Å². The molecule has 0 radical (unpaired) electrons. The monoisotopic (exact) mass is 250 g/mol. The van der Waals surface area contributed by atoms with E-state index in [-0.39, 0.29) is 0 Å². The molecule has 1 aliphatic heterocycles. The number of nitrogens with zero attached hydrogens (tertiary/aromatic N) is 5. The molecule has 0 aliphatic carbocycles. The molecule has 0 saturated heterocycles. The molecule has 19 heavy (non-hydrogen) atoms. The number of fused-ring (bicyclic) bond motifs is 7. The molecule has 0 saturated carbocycles. The number of rotatable bonds is 0. The minimum absolute atomic E-state index is 0.649. The van der Waals surface area contributed by atoms with Gasteiger partial charge >= 0.3 is 23.0 Å². The molecule has 6 nitrogen and oxygen atoms in total. The summed E-state index contributed by atoms with van der Waals surface area (Å²) in [7, 11) is 0. The molecule has 90 valence electrons. The fourth-order valence-corrected chi connectivity index (χ4v) is 2.62. The zero-order valence-corrected chi connectivity index (χ0v) is 9.82. The van der Waals surface area contributed by atoms with Crippen molar-refractivity contribution in [3.63, 3.8) is 0 Å². The fraction of sp³-hybridized carbons (Fsp3) is 0.0769. The van der Waals surface area contributed by atoms with Crippen molar-refractivity contribution >= 4 is 17.1 Å². The van der Waals surface area contributed by atoms with Gasteiger partial charge in [0, 0.05) is 29.1 Å². The van der Waals surface area contributed by atoms with Crippen molar-refractivity contribution in [1.82, 2.24) is 19.4 Å². The summed E-state index contributed by atoms with van der Waals surface area (Å²) in [5.41, 5.74) is 3.59. The zero-order valence-electron chi connectivity index (χ0n) is 9.82. The van der Waals surface area contributed by atoms with E-state index in [0.717, 1.165) is 35.1 Å². The summed E-state index contributed by atoms with van der Waals surface area (Å²) in [5, 5.41) is 0. The van der Waals surface area contributed by atoms with Crippen molar-refractivity contribution in [3.8, 4) is 11.6 Å². The Hall–Kier alpha value is -2.76. The SMILES string of the molecule is c1cnc2c(c1)C[n+]1c-2oc2c1nc1ncccn12. The first-order chi connectivity index (χ1) is 9.42. The van der Waals surface area contributed by atoms with E-state index < -0.39 is 0 Å². The number of hydrogen-bond donors (Lipinski definition) is 0. The molecule has 5 heterocycles. The molecule has 0 spiro atoms. The van der Waals surface area contributed by atoms with E-state index >= 15 is 0 Å². The lowest BCUT2D eigenvalue weighted by Crippen LogP contribution is -2.30. The molecular weight excluding hydrogens is 242 g/mol. The van der Waals surface area contributed by atoms with E-state index in [1.54, 1.807) is 12.4 Å². The quantitative estimate of drug-likeness (QED) is 0.387. The maximum atomic E-state index is 5.95. The second-order valence-electron chi connectivity index (χ2n) is 4.53. The van der Waals surface area contributed by atoms with Gasteiger partial charge in [-0.3, -0.25) is 0 Å². The first-order valence-corrected chi connectivity index (χ1v) is 6.01. The summed E-state index contributed by atoms with van der Waals surface area (Å²) >= 11 is 0. The van der Waals surface area contributed by atoms with E-state index in [1.165, 1.54) is 0 Å². The normalized spacial score (nSPS) is 13.1. The molecule has 4 aromatic heterocycles. The van der Waals surface area contributed by atoms with Gasteiger partial charge in [-0.1, -0.05) is 6.07 Å². The van der Waals surface area contributed by atoms with Gasteiger partial charge in [-0.2, -0.15) is 9.55 Å². The van der Waals surface area contributed by atoms with Gasteiger partial charge < -0.3 is 4.42 Å². The molecule has 5 rings (SSSR count). The van der Waals surface area contributed by atoms with Crippen molar-refractivity contribution in [3.05, 3.63) is 42.4 Å². The highest BCUT2D eigenvalue weighted by atomic mass is 16.4. The minimum Gasteiger partial charge on any atom is -0.395 e. The number of oxazole rings is 1. The van der Waals surface area contributed by atoms with Crippen LogP contribution in [0.25, 0.3) is 28.7 Å². The molecule has 0 amide bonds. The van der Waals surface area contributed by atoms with Gasteiger partial charge in [0.25, 0.3) is 0 Å². The van der Waals surface area contributed by atoms with Crippen molar-refractivity contribution in [2.24, 2.45) is 0 Å². The molecule has 0 bridgehead atoms. The Bertz CT molecular complexity index is 952. The number of hydrogen-bond acceptors (Lipinski definition) is 4. The predicted molar refractivity (Wildman–Crippen MR) is 65.3 cm³/mol. The van der Waals surface area contributed by atoms with Crippen molar-refractivity contribution in [1.29, 1.82) is 0 Å². The lowest BCUT2D eigenvalue weighted by atomic mass is 10.2. The van der Waals surface area contributed by atoms with Crippen molar-refractivity contribution in [2.45, 2.75) is 6.54 Å². The van der Waals surface area contributed by atoms with Crippen LogP contribution in [0.5, 0.6) is 0 Å². The van der Waals surface area contributed by atoms with Crippen LogP contribution >= 0.6 is 0 Å². The van der Waals surface area contributed by atoms with Crippen LogP contribution < -0.4 is 4.57 Å². The van der Waals surface area contributed by atoms with Crippen LogP contribution in [0, 0.1) is 0 Å². The Morgan fingerprint density at radius 3 is 3.16 bits per heavy atom. The average molecular weight is 250 g/mol. The van der Waals surface area contributed by atoms with Crippen LogP contribution in [0.15, 0.2) is 41.2 Å².